The average molecular weight is 332 g/mol. The van der Waals surface area contributed by atoms with E-state index in [-0.39, 0.29) is 12.5 Å². The minimum absolute atomic E-state index is 0.136. The summed E-state index contributed by atoms with van der Waals surface area (Å²) in [5.74, 6) is -2.54. The van der Waals surface area contributed by atoms with Gasteiger partial charge in [-0.1, -0.05) is 39.0 Å². The average Bonchev–Trinajstić information content (AvgIpc) is 2.53. The van der Waals surface area contributed by atoms with Gasteiger partial charge < -0.3 is 20.8 Å². The van der Waals surface area contributed by atoms with Crippen LogP contribution in [0.4, 0.5) is 0 Å². The zero-order chi connectivity index (χ0) is 20.2. The van der Waals surface area contributed by atoms with E-state index in [1.807, 2.05) is 6.92 Å². The third-order valence-corrected chi connectivity index (χ3v) is 3.46. The molecule has 7 nitrogen and oxygen atoms in total. The molecule has 0 aliphatic rings. The monoisotopic (exact) mass is 332 g/mol. The van der Waals surface area contributed by atoms with E-state index in [0.29, 0.717) is 11.3 Å². The molecule has 4 N–H and O–H groups in total. The van der Waals surface area contributed by atoms with Gasteiger partial charge in [-0.3, -0.25) is 9.59 Å². The number of nitrogens with two attached hydrogens (primary N) is 1. The maximum Gasteiger partial charge on any atom is 0.323 e. The number of nitrogens with zero attached hydrogens (tertiary/aromatic N) is 2. The molecule has 0 heterocycles. The summed E-state index contributed by atoms with van der Waals surface area (Å²) in [6.07, 6.45) is 6.99. The fraction of sp³-hybridized carbons (Fsp3) is 0.812. The number of aliphatic imine (C=N–C) groups is 1. The van der Waals surface area contributed by atoms with Crippen molar-refractivity contribution in [2.24, 2.45) is 10.7 Å². The molecule has 0 saturated heterocycles. The second-order valence-corrected chi connectivity index (χ2v) is 5.57. The Morgan fingerprint density at radius 1 is 1.22 bits per heavy atom. The summed E-state index contributed by atoms with van der Waals surface area (Å²) >= 11 is 0. The number of carbonyl (C=O) groups is 2. The van der Waals surface area contributed by atoms with Crippen LogP contribution in [-0.4, -0.2) is 52.6 Å². The quantitative estimate of drug-likeness (QED) is 0.285. The molecule has 0 aromatic rings. The number of aliphatic hydroxyl groups excluding tert-OH is 1. The van der Waals surface area contributed by atoms with Crippen LogP contribution in [0.15, 0.2) is 4.99 Å². The zero-order valence-electron chi connectivity index (χ0n) is 16.8. The molecule has 0 aliphatic heterocycles. The number of carbonyl (C=O) groups excluding carboxylic acids is 1. The highest BCUT2D eigenvalue weighted by Gasteiger charge is 2.08. The number of carboxylic acids is 1. The maximum atomic E-state index is 11.8. The molecular formula is C16H31N3O4. The van der Waals surface area contributed by atoms with E-state index in [0.717, 1.165) is 44.9 Å². The van der Waals surface area contributed by atoms with Gasteiger partial charge in [0.05, 0.1) is 6.10 Å². The fourth-order valence-electron chi connectivity index (χ4n) is 2.03. The molecular weight excluding hydrogens is 298 g/mol. The number of aliphatic carboxylic acids is 1. The molecule has 0 radical (unpaired) electrons. The van der Waals surface area contributed by atoms with Gasteiger partial charge in [0, 0.05) is 17.5 Å². The van der Waals surface area contributed by atoms with E-state index in [1.165, 1.54) is 0 Å². The van der Waals surface area contributed by atoms with Gasteiger partial charge >= 0.3 is 5.97 Å². The van der Waals surface area contributed by atoms with E-state index in [2.05, 4.69) is 4.99 Å². The molecule has 23 heavy (non-hydrogen) atoms. The standard InChI is InChI=1S/C16H31N3O4/c1-3-13(20)10-8-6-4-5-7-9-11-14(21)18-16(17)19(2)12-15(22)23/h13,20H,3-12H2,1-2H3,(H,22,23)(H2,17,18,21)/i2D3. The van der Waals surface area contributed by atoms with Gasteiger partial charge in [0.15, 0.2) is 5.96 Å². The molecule has 0 aliphatic carbocycles. The van der Waals surface area contributed by atoms with Crippen LogP contribution < -0.4 is 5.73 Å². The number of guanidine groups is 1. The van der Waals surface area contributed by atoms with Crippen LogP contribution in [-0.2, 0) is 9.59 Å². The van der Waals surface area contributed by atoms with Crippen molar-refractivity contribution in [3.8, 4) is 0 Å². The summed E-state index contributed by atoms with van der Waals surface area (Å²) < 4.78 is 21.8. The largest absolute Gasteiger partial charge is 0.480 e. The molecule has 0 fully saturated rings. The van der Waals surface area contributed by atoms with E-state index in [9.17, 15) is 14.7 Å². The van der Waals surface area contributed by atoms with Gasteiger partial charge in [0.1, 0.15) is 6.54 Å². The van der Waals surface area contributed by atoms with Gasteiger partial charge in [-0.25, -0.2) is 0 Å². The lowest BCUT2D eigenvalue weighted by Crippen LogP contribution is -2.38. The van der Waals surface area contributed by atoms with Crippen LogP contribution in [0, 0.1) is 0 Å². The maximum absolute atomic E-state index is 11.8. The summed E-state index contributed by atoms with van der Waals surface area (Å²) in [6.45, 7) is -1.68. The Labute approximate surface area is 142 Å². The number of aliphatic hydroxyl groups is 1. The second kappa shape index (κ2) is 12.9. The van der Waals surface area contributed by atoms with Crippen LogP contribution in [0.1, 0.15) is 68.8 Å². The summed E-state index contributed by atoms with van der Waals surface area (Å²) in [5, 5.41) is 18.2. The van der Waals surface area contributed by atoms with Crippen LogP contribution in [0.2, 0.25) is 0 Å². The number of unbranched alkanes of at least 4 members (excludes halogenated alkanes) is 5. The Hall–Kier alpha value is -1.63. The molecule has 0 aromatic heterocycles. The molecule has 0 bridgehead atoms. The van der Waals surface area contributed by atoms with Gasteiger partial charge in [0.2, 0.25) is 5.91 Å². The fourth-order valence-corrected chi connectivity index (χ4v) is 2.03. The lowest BCUT2D eigenvalue weighted by atomic mass is 10.1. The summed E-state index contributed by atoms with van der Waals surface area (Å²) in [5.41, 5.74) is 5.49. The SMILES string of the molecule is [2H]C([2H])([2H])N(CC(=O)O)C(N)=NC(=O)CCCCCCCCC(O)CC. The highest BCUT2D eigenvalue weighted by Crippen LogP contribution is 2.11. The first kappa shape index (κ1) is 16.2. The van der Waals surface area contributed by atoms with Crippen LogP contribution in [0.5, 0.6) is 0 Å². The minimum Gasteiger partial charge on any atom is -0.480 e. The lowest BCUT2D eigenvalue weighted by Gasteiger charge is -2.14. The summed E-state index contributed by atoms with van der Waals surface area (Å²) in [4.78, 5) is 26.4. The first-order valence-corrected chi connectivity index (χ1v) is 8.12. The Morgan fingerprint density at radius 2 is 1.83 bits per heavy atom. The van der Waals surface area contributed by atoms with Gasteiger partial charge in [-0.15, -0.1) is 0 Å². The summed E-state index contributed by atoms with van der Waals surface area (Å²) in [6, 6.07) is 0. The van der Waals surface area contributed by atoms with Gasteiger partial charge in [-0.2, -0.15) is 4.99 Å². The summed E-state index contributed by atoms with van der Waals surface area (Å²) in [7, 11) is 0. The van der Waals surface area contributed by atoms with Crippen LogP contribution in [0.3, 0.4) is 0 Å². The van der Waals surface area contributed by atoms with Crippen molar-refractivity contribution in [3.63, 3.8) is 0 Å². The van der Waals surface area contributed by atoms with Crippen LogP contribution >= 0.6 is 0 Å². The van der Waals surface area contributed by atoms with Crippen molar-refractivity contribution < 1.29 is 23.9 Å². The van der Waals surface area contributed by atoms with E-state index in [1.54, 1.807) is 0 Å². The number of carboxylic acid groups (broad SMARTS) is 1. The van der Waals surface area contributed by atoms with E-state index < -0.39 is 31.4 Å². The predicted octanol–water partition coefficient (Wildman–Crippen LogP) is 1.74. The molecule has 0 aromatic carbocycles. The Morgan fingerprint density at radius 3 is 2.39 bits per heavy atom. The van der Waals surface area contributed by atoms with Gasteiger partial charge in [-0.05, 0) is 19.3 Å². The third-order valence-electron chi connectivity index (χ3n) is 3.46. The lowest BCUT2D eigenvalue weighted by molar-refractivity contribution is -0.137. The molecule has 1 amide bonds. The highest BCUT2D eigenvalue weighted by molar-refractivity contribution is 5.93. The predicted molar refractivity (Wildman–Crippen MR) is 90.1 cm³/mol. The number of rotatable bonds is 12. The van der Waals surface area contributed by atoms with E-state index in [4.69, 9.17) is 15.0 Å². The highest BCUT2D eigenvalue weighted by atomic mass is 16.4. The second-order valence-electron chi connectivity index (χ2n) is 5.57. The molecule has 134 valence electrons. The molecule has 0 rings (SSSR count). The zero-order valence-corrected chi connectivity index (χ0v) is 13.8. The smallest absolute Gasteiger partial charge is 0.323 e. The van der Waals surface area contributed by atoms with Crippen molar-refractivity contribution in [2.45, 2.75) is 70.8 Å². The molecule has 0 spiro atoms. The first-order chi connectivity index (χ1) is 12.1. The normalized spacial score (nSPS) is 15.4. The van der Waals surface area contributed by atoms with Crippen molar-refractivity contribution >= 4 is 17.8 Å². The van der Waals surface area contributed by atoms with Crippen molar-refractivity contribution in [3.05, 3.63) is 0 Å². The number of likely N-dealkylation sites (N-methyl/N-ethyl adjacent to an activating group) is 1. The van der Waals surface area contributed by atoms with Gasteiger partial charge in [0.25, 0.3) is 0 Å². The number of amides is 1. The molecule has 0 saturated carbocycles. The Kier molecular flexibility index (Phi) is 9.08. The van der Waals surface area contributed by atoms with Crippen LogP contribution in [0.25, 0.3) is 0 Å². The third kappa shape index (κ3) is 12.6. The molecule has 7 heteroatoms. The molecule has 1 atom stereocenters. The van der Waals surface area contributed by atoms with Crippen molar-refractivity contribution in [1.29, 1.82) is 0 Å². The van der Waals surface area contributed by atoms with E-state index >= 15 is 0 Å². The number of hydrogen-bond donors (Lipinski definition) is 3. The van der Waals surface area contributed by atoms with Crippen molar-refractivity contribution in [1.82, 2.24) is 4.90 Å². The number of hydrogen-bond acceptors (Lipinski definition) is 3. The Bertz CT molecular complexity index is 470. The minimum atomic E-state index is -2.78. The molecule has 1 unspecified atom stereocenters. The first-order valence-electron chi connectivity index (χ1n) is 9.62. The Balaban J connectivity index is 4.11. The topological polar surface area (TPSA) is 116 Å². The van der Waals surface area contributed by atoms with Crippen molar-refractivity contribution in [2.75, 3.05) is 13.5 Å².